The number of allylic oxidation sites excluding steroid dienone is 4. The Bertz CT molecular complexity index is 754. The van der Waals surface area contributed by atoms with Gasteiger partial charge in [0.15, 0.2) is 0 Å². The van der Waals surface area contributed by atoms with Gasteiger partial charge < -0.3 is 16.0 Å². The average molecular weight is 379 g/mol. The van der Waals surface area contributed by atoms with Crippen molar-refractivity contribution < 1.29 is 4.79 Å². The molecule has 28 heavy (non-hydrogen) atoms. The fourth-order valence-corrected chi connectivity index (χ4v) is 2.77. The van der Waals surface area contributed by atoms with Gasteiger partial charge in [-0.25, -0.2) is 0 Å². The van der Waals surface area contributed by atoms with E-state index in [-0.39, 0.29) is 0 Å². The molecule has 0 saturated carbocycles. The fourth-order valence-electron chi connectivity index (χ4n) is 2.77. The molecule has 0 amide bonds. The fraction of sp³-hybridized carbons (Fsp3) is 0.304. The van der Waals surface area contributed by atoms with Gasteiger partial charge in [0.05, 0.1) is 5.69 Å². The van der Waals surface area contributed by atoms with Crippen LogP contribution in [-0.2, 0) is 6.54 Å². The predicted molar refractivity (Wildman–Crippen MR) is 116 cm³/mol. The molecule has 1 aromatic carbocycles. The number of benzene rings is 1. The number of aromatic nitrogens is 1. The number of aldehydes is 1. The smallest absolute Gasteiger partial charge is 0.150 e. The SMILES string of the molecule is CN(CCCNC1=CC=CCC1)Cc1ccccn1.Nc1ccc(C=O)cc1. The van der Waals surface area contributed by atoms with E-state index >= 15 is 0 Å². The van der Waals surface area contributed by atoms with Crippen LogP contribution in [0.5, 0.6) is 0 Å². The van der Waals surface area contributed by atoms with Crippen molar-refractivity contribution in [1.29, 1.82) is 0 Å². The van der Waals surface area contributed by atoms with Crippen LogP contribution in [-0.4, -0.2) is 36.3 Å². The topological polar surface area (TPSA) is 71.2 Å². The van der Waals surface area contributed by atoms with Crippen molar-refractivity contribution in [2.24, 2.45) is 0 Å². The van der Waals surface area contributed by atoms with Crippen molar-refractivity contribution in [2.75, 3.05) is 25.9 Å². The summed E-state index contributed by atoms with van der Waals surface area (Å²) in [6.45, 7) is 3.06. The second-order valence-corrected chi connectivity index (χ2v) is 6.78. The van der Waals surface area contributed by atoms with E-state index in [9.17, 15) is 4.79 Å². The minimum atomic E-state index is 0.657. The molecule has 0 radical (unpaired) electrons. The van der Waals surface area contributed by atoms with Crippen LogP contribution in [0.15, 0.2) is 72.6 Å². The molecule has 0 aliphatic heterocycles. The van der Waals surface area contributed by atoms with Gasteiger partial charge in [0.25, 0.3) is 0 Å². The maximum atomic E-state index is 10.1. The number of nitrogens with two attached hydrogens (primary N) is 1. The van der Waals surface area contributed by atoms with Crippen molar-refractivity contribution in [3.05, 3.63) is 83.8 Å². The van der Waals surface area contributed by atoms with E-state index in [0.29, 0.717) is 11.3 Å². The lowest BCUT2D eigenvalue weighted by molar-refractivity contribution is 0.112. The van der Waals surface area contributed by atoms with E-state index < -0.39 is 0 Å². The molecule has 148 valence electrons. The first-order valence-electron chi connectivity index (χ1n) is 9.66. The van der Waals surface area contributed by atoms with Gasteiger partial charge in [0.2, 0.25) is 0 Å². The van der Waals surface area contributed by atoms with Crippen LogP contribution in [0.1, 0.15) is 35.3 Å². The summed E-state index contributed by atoms with van der Waals surface area (Å²) in [6.07, 6.45) is 12.7. The Morgan fingerprint density at radius 3 is 2.68 bits per heavy atom. The van der Waals surface area contributed by atoms with Gasteiger partial charge in [0, 0.05) is 36.2 Å². The minimum Gasteiger partial charge on any atom is -0.399 e. The van der Waals surface area contributed by atoms with E-state index in [1.807, 2.05) is 18.3 Å². The highest BCUT2D eigenvalue weighted by atomic mass is 16.1. The van der Waals surface area contributed by atoms with Crippen LogP contribution in [0, 0.1) is 0 Å². The molecule has 1 aliphatic carbocycles. The largest absolute Gasteiger partial charge is 0.399 e. The first kappa shape index (κ1) is 21.4. The molecular weight excluding hydrogens is 348 g/mol. The Morgan fingerprint density at radius 2 is 2.04 bits per heavy atom. The molecule has 2 aromatic rings. The molecule has 0 bridgehead atoms. The standard InChI is InChI=1S/C16H23N3.C7H7NO/c1-19(14-16-10-5-6-11-18-16)13-7-12-17-15-8-3-2-4-9-15;8-7-3-1-6(5-9)2-4-7/h2-3,5-6,8,10-11,17H,4,7,9,12-14H2,1H3;1-5H,8H2. The highest BCUT2D eigenvalue weighted by molar-refractivity contribution is 5.75. The maximum absolute atomic E-state index is 10.1. The zero-order chi connectivity index (χ0) is 20.0. The number of carbonyl (C=O) groups excluding carboxylic acids is 1. The summed E-state index contributed by atoms with van der Waals surface area (Å²) < 4.78 is 0. The number of hydrogen-bond acceptors (Lipinski definition) is 5. The van der Waals surface area contributed by atoms with E-state index in [4.69, 9.17) is 5.73 Å². The Kier molecular flexibility index (Phi) is 9.52. The summed E-state index contributed by atoms with van der Waals surface area (Å²) in [5.74, 6) is 0. The van der Waals surface area contributed by atoms with E-state index in [2.05, 4.69) is 46.5 Å². The van der Waals surface area contributed by atoms with Gasteiger partial charge in [0.1, 0.15) is 6.29 Å². The number of hydrogen-bond donors (Lipinski definition) is 2. The number of pyridine rings is 1. The third-order valence-electron chi connectivity index (χ3n) is 4.31. The number of anilines is 1. The molecule has 3 N–H and O–H groups in total. The Morgan fingerprint density at radius 1 is 1.21 bits per heavy atom. The Hall–Kier alpha value is -2.92. The molecule has 0 atom stereocenters. The number of rotatable bonds is 8. The van der Waals surface area contributed by atoms with Gasteiger partial charge >= 0.3 is 0 Å². The van der Waals surface area contributed by atoms with E-state index in [1.54, 1.807) is 24.3 Å². The van der Waals surface area contributed by atoms with Crippen LogP contribution in [0.25, 0.3) is 0 Å². The molecule has 1 aliphatic rings. The second kappa shape index (κ2) is 12.5. The molecule has 0 fully saturated rings. The van der Waals surface area contributed by atoms with Crippen molar-refractivity contribution in [3.8, 4) is 0 Å². The lowest BCUT2D eigenvalue weighted by Gasteiger charge is -2.17. The summed E-state index contributed by atoms with van der Waals surface area (Å²) in [7, 11) is 2.15. The summed E-state index contributed by atoms with van der Waals surface area (Å²) in [4.78, 5) is 16.7. The minimum absolute atomic E-state index is 0.657. The van der Waals surface area contributed by atoms with Gasteiger partial charge in [-0.1, -0.05) is 18.2 Å². The molecule has 0 unspecified atom stereocenters. The third kappa shape index (κ3) is 8.64. The Labute approximate surface area is 168 Å². The molecule has 3 rings (SSSR count). The van der Waals surface area contributed by atoms with Crippen LogP contribution in [0.3, 0.4) is 0 Å². The zero-order valence-electron chi connectivity index (χ0n) is 16.6. The van der Waals surface area contributed by atoms with Crippen LogP contribution < -0.4 is 11.1 Å². The van der Waals surface area contributed by atoms with Gasteiger partial charge in [-0.2, -0.15) is 0 Å². The summed E-state index contributed by atoms with van der Waals surface area (Å²) >= 11 is 0. The van der Waals surface area contributed by atoms with Crippen LogP contribution >= 0.6 is 0 Å². The maximum Gasteiger partial charge on any atom is 0.150 e. The summed E-state index contributed by atoms with van der Waals surface area (Å²) in [6, 6.07) is 12.8. The first-order valence-corrected chi connectivity index (χ1v) is 9.66. The first-order chi connectivity index (χ1) is 13.7. The highest BCUT2D eigenvalue weighted by Gasteiger charge is 2.02. The van der Waals surface area contributed by atoms with E-state index in [0.717, 1.165) is 44.5 Å². The van der Waals surface area contributed by atoms with Crippen LogP contribution in [0.2, 0.25) is 0 Å². The van der Waals surface area contributed by atoms with Crippen LogP contribution in [0.4, 0.5) is 5.69 Å². The molecule has 1 heterocycles. The third-order valence-corrected chi connectivity index (χ3v) is 4.31. The number of carbonyl (C=O) groups is 1. The summed E-state index contributed by atoms with van der Waals surface area (Å²) in [5.41, 5.74) is 9.21. The van der Waals surface area contributed by atoms with Gasteiger partial charge in [-0.05, 0) is 75.3 Å². The number of nitrogens with one attached hydrogen (secondary N) is 1. The molecule has 1 aromatic heterocycles. The number of nitrogens with zero attached hydrogens (tertiary/aromatic N) is 2. The van der Waals surface area contributed by atoms with Crippen molar-refractivity contribution in [2.45, 2.75) is 25.8 Å². The normalized spacial score (nSPS) is 12.7. The monoisotopic (exact) mass is 378 g/mol. The second-order valence-electron chi connectivity index (χ2n) is 6.78. The van der Waals surface area contributed by atoms with Crippen molar-refractivity contribution in [1.82, 2.24) is 15.2 Å². The van der Waals surface area contributed by atoms with Crippen molar-refractivity contribution in [3.63, 3.8) is 0 Å². The molecular formula is C23H30N4O. The quantitative estimate of drug-likeness (QED) is 0.415. The molecule has 5 heteroatoms. The van der Waals surface area contributed by atoms with Gasteiger partial charge in [-0.3, -0.25) is 9.78 Å². The van der Waals surface area contributed by atoms with E-state index in [1.165, 1.54) is 12.1 Å². The van der Waals surface area contributed by atoms with Crippen molar-refractivity contribution >= 4 is 12.0 Å². The predicted octanol–water partition coefficient (Wildman–Crippen LogP) is 3.81. The Balaban J connectivity index is 0.000000261. The molecule has 0 saturated heterocycles. The molecule has 5 nitrogen and oxygen atoms in total. The lowest BCUT2D eigenvalue weighted by Crippen LogP contribution is -2.24. The average Bonchev–Trinajstić information content (AvgIpc) is 2.74. The zero-order valence-corrected chi connectivity index (χ0v) is 16.6. The number of nitrogen functional groups attached to an aromatic ring is 1. The summed E-state index contributed by atoms with van der Waals surface area (Å²) in [5, 5.41) is 3.51. The highest BCUT2D eigenvalue weighted by Crippen LogP contribution is 2.08. The lowest BCUT2D eigenvalue weighted by atomic mass is 10.1. The molecule has 0 spiro atoms. The van der Waals surface area contributed by atoms with Gasteiger partial charge in [-0.15, -0.1) is 0 Å².